The normalized spacial score (nSPS) is 10.7. The van der Waals surface area contributed by atoms with Gasteiger partial charge in [-0.1, -0.05) is 11.6 Å². The molecule has 2 rings (SSSR count). The summed E-state index contributed by atoms with van der Waals surface area (Å²) in [4.78, 5) is 0. The molecule has 0 aliphatic carbocycles. The summed E-state index contributed by atoms with van der Waals surface area (Å²) in [7, 11) is 0. The van der Waals surface area contributed by atoms with Crippen LogP contribution in [0.25, 0.3) is 5.65 Å². The summed E-state index contributed by atoms with van der Waals surface area (Å²) >= 11 is 5.76. The van der Waals surface area contributed by atoms with Crippen LogP contribution in [0.5, 0.6) is 0 Å². The number of rotatable bonds is 0. The zero-order valence-electron chi connectivity index (χ0n) is 5.82. The largest absolute Gasteiger partial charge is 0.199 e. The second-order valence-corrected chi connectivity index (χ2v) is 2.61. The fourth-order valence-electron chi connectivity index (χ4n) is 0.838. The molecule has 4 nitrogen and oxygen atoms in total. The number of hydrogen-bond donors (Lipinski definition) is 0. The number of hydrogen-bond acceptors (Lipinski definition) is 3. The predicted molar refractivity (Wildman–Crippen MR) is 40.5 cm³/mol. The Hall–Kier alpha value is -1.16. The van der Waals surface area contributed by atoms with Crippen molar-refractivity contribution in [2.75, 3.05) is 0 Å². The van der Waals surface area contributed by atoms with Crippen molar-refractivity contribution in [3.8, 4) is 0 Å². The number of aryl methyl sites for hydroxylation is 1. The Morgan fingerprint density at radius 3 is 3.18 bits per heavy atom. The third-order valence-corrected chi connectivity index (χ3v) is 1.80. The highest BCUT2D eigenvalue weighted by Gasteiger charge is 2.00. The Morgan fingerprint density at radius 2 is 2.36 bits per heavy atom. The molecule has 0 saturated heterocycles. The number of nitrogens with zero attached hydrogens (tertiary/aromatic N) is 4. The van der Waals surface area contributed by atoms with Crippen molar-refractivity contribution in [2.24, 2.45) is 0 Å². The van der Waals surface area contributed by atoms with Gasteiger partial charge < -0.3 is 0 Å². The van der Waals surface area contributed by atoms with Gasteiger partial charge in [0.1, 0.15) is 6.33 Å². The van der Waals surface area contributed by atoms with Crippen molar-refractivity contribution >= 4 is 17.2 Å². The van der Waals surface area contributed by atoms with Crippen molar-refractivity contribution < 1.29 is 0 Å². The predicted octanol–water partition coefficient (Wildman–Crippen LogP) is 1.09. The van der Waals surface area contributed by atoms with Gasteiger partial charge in [-0.2, -0.15) is 9.61 Å². The Labute approximate surface area is 67.8 Å². The molecule has 0 N–H and O–H groups in total. The molecular weight excluding hydrogens is 164 g/mol. The standard InChI is InChI=1S/C6H5ClN4/c1-4-2-5-9-8-3-11(5)10-6(4)7/h2-3H,1H3. The summed E-state index contributed by atoms with van der Waals surface area (Å²) in [6, 6.07) is 1.84. The molecule has 11 heavy (non-hydrogen) atoms. The van der Waals surface area contributed by atoms with Gasteiger partial charge >= 0.3 is 0 Å². The lowest BCUT2D eigenvalue weighted by Crippen LogP contribution is -1.92. The molecule has 0 unspecified atom stereocenters. The number of aromatic nitrogens is 4. The van der Waals surface area contributed by atoms with Gasteiger partial charge in [-0.3, -0.25) is 0 Å². The Bertz CT molecular complexity index is 358. The topological polar surface area (TPSA) is 43.1 Å². The molecule has 0 fully saturated rings. The second-order valence-electron chi connectivity index (χ2n) is 2.25. The van der Waals surface area contributed by atoms with E-state index in [9.17, 15) is 0 Å². The Balaban J connectivity index is 2.86. The molecule has 0 aliphatic rings. The van der Waals surface area contributed by atoms with Gasteiger partial charge in [0.25, 0.3) is 0 Å². The molecule has 0 bridgehead atoms. The molecule has 0 radical (unpaired) electrons. The van der Waals surface area contributed by atoms with E-state index in [1.807, 2.05) is 13.0 Å². The third-order valence-electron chi connectivity index (χ3n) is 1.42. The summed E-state index contributed by atoms with van der Waals surface area (Å²) in [5, 5.41) is 12.0. The van der Waals surface area contributed by atoms with Crippen LogP contribution in [0.3, 0.4) is 0 Å². The monoisotopic (exact) mass is 168 g/mol. The molecular formula is C6H5ClN4. The number of fused-ring (bicyclic) bond motifs is 1. The zero-order chi connectivity index (χ0) is 7.84. The van der Waals surface area contributed by atoms with Crippen LogP contribution < -0.4 is 0 Å². The lowest BCUT2D eigenvalue weighted by atomic mass is 10.3. The molecule has 0 amide bonds. The maximum absolute atomic E-state index is 5.76. The fourth-order valence-corrected chi connectivity index (χ4v) is 0.974. The molecule has 5 heteroatoms. The average Bonchev–Trinajstić information content (AvgIpc) is 2.36. The van der Waals surface area contributed by atoms with E-state index in [0.29, 0.717) is 10.8 Å². The van der Waals surface area contributed by atoms with E-state index in [1.54, 1.807) is 0 Å². The summed E-state index contributed by atoms with van der Waals surface area (Å²) < 4.78 is 1.54. The average molecular weight is 169 g/mol. The quantitative estimate of drug-likeness (QED) is 0.592. The number of halogens is 1. The highest BCUT2D eigenvalue weighted by atomic mass is 35.5. The molecule has 56 valence electrons. The maximum atomic E-state index is 5.76. The van der Waals surface area contributed by atoms with Gasteiger partial charge in [-0.25, -0.2) is 0 Å². The summed E-state index contributed by atoms with van der Waals surface area (Å²) in [6.07, 6.45) is 1.51. The second kappa shape index (κ2) is 2.17. The van der Waals surface area contributed by atoms with Crippen LogP contribution in [0.1, 0.15) is 5.56 Å². The van der Waals surface area contributed by atoms with E-state index in [4.69, 9.17) is 11.6 Å². The lowest BCUT2D eigenvalue weighted by molar-refractivity contribution is 0.919. The molecule has 0 aromatic carbocycles. The van der Waals surface area contributed by atoms with E-state index in [2.05, 4.69) is 15.3 Å². The van der Waals surface area contributed by atoms with Gasteiger partial charge in [0.2, 0.25) is 0 Å². The van der Waals surface area contributed by atoms with Gasteiger partial charge in [0, 0.05) is 0 Å². The SMILES string of the molecule is Cc1cc2nncn2nc1Cl. The van der Waals surface area contributed by atoms with Crippen LogP contribution in [-0.4, -0.2) is 19.8 Å². The van der Waals surface area contributed by atoms with E-state index in [-0.39, 0.29) is 0 Å². The van der Waals surface area contributed by atoms with Gasteiger partial charge in [0.05, 0.1) is 0 Å². The summed E-state index contributed by atoms with van der Waals surface area (Å²) in [6.45, 7) is 1.88. The van der Waals surface area contributed by atoms with Gasteiger partial charge in [-0.15, -0.1) is 10.2 Å². The smallest absolute Gasteiger partial charge is 0.177 e. The molecule has 0 saturated carbocycles. The first-order chi connectivity index (χ1) is 5.27. The van der Waals surface area contributed by atoms with Crippen LogP contribution in [0, 0.1) is 6.92 Å². The van der Waals surface area contributed by atoms with Crippen molar-refractivity contribution in [1.29, 1.82) is 0 Å². The fraction of sp³-hybridized carbons (Fsp3) is 0.167. The Morgan fingerprint density at radius 1 is 1.55 bits per heavy atom. The first-order valence-corrected chi connectivity index (χ1v) is 3.48. The highest BCUT2D eigenvalue weighted by molar-refractivity contribution is 6.30. The van der Waals surface area contributed by atoms with Crippen LogP contribution in [0.4, 0.5) is 0 Å². The molecule has 0 atom stereocenters. The van der Waals surface area contributed by atoms with E-state index < -0.39 is 0 Å². The highest BCUT2D eigenvalue weighted by Crippen LogP contribution is 2.11. The molecule has 0 spiro atoms. The van der Waals surface area contributed by atoms with Crippen molar-refractivity contribution in [2.45, 2.75) is 6.92 Å². The molecule has 2 aromatic rings. The maximum Gasteiger partial charge on any atom is 0.177 e. The zero-order valence-corrected chi connectivity index (χ0v) is 6.58. The van der Waals surface area contributed by atoms with Crippen LogP contribution in [-0.2, 0) is 0 Å². The first-order valence-electron chi connectivity index (χ1n) is 3.10. The van der Waals surface area contributed by atoms with Crippen molar-refractivity contribution in [3.63, 3.8) is 0 Å². The molecule has 0 aliphatic heterocycles. The Kier molecular flexibility index (Phi) is 1.29. The van der Waals surface area contributed by atoms with E-state index >= 15 is 0 Å². The minimum absolute atomic E-state index is 0.484. The minimum Gasteiger partial charge on any atom is -0.199 e. The first kappa shape index (κ1) is 6.54. The summed E-state index contributed by atoms with van der Waals surface area (Å²) in [5.41, 5.74) is 1.62. The van der Waals surface area contributed by atoms with Crippen LogP contribution >= 0.6 is 11.6 Å². The van der Waals surface area contributed by atoms with E-state index in [1.165, 1.54) is 10.8 Å². The third kappa shape index (κ3) is 0.952. The lowest BCUT2D eigenvalue weighted by Gasteiger charge is -1.95. The van der Waals surface area contributed by atoms with Gasteiger partial charge in [-0.05, 0) is 18.6 Å². The summed E-state index contributed by atoms with van der Waals surface area (Å²) in [5.74, 6) is 0. The molecule has 2 heterocycles. The van der Waals surface area contributed by atoms with Crippen LogP contribution in [0.15, 0.2) is 12.4 Å². The minimum atomic E-state index is 0.484. The van der Waals surface area contributed by atoms with Crippen molar-refractivity contribution in [1.82, 2.24) is 19.8 Å². The molecule has 2 aromatic heterocycles. The van der Waals surface area contributed by atoms with Crippen molar-refractivity contribution in [3.05, 3.63) is 23.1 Å². The van der Waals surface area contributed by atoms with Gasteiger partial charge in [0.15, 0.2) is 10.8 Å². The van der Waals surface area contributed by atoms with E-state index in [0.717, 1.165) is 5.56 Å². The van der Waals surface area contributed by atoms with Crippen LogP contribution in [0.2, 0.25) is 5.15 Å².